The summed E-state index contributed by atoms with van der Waals surface area (Å²) < 4.78 is 12.9. The number of rotatable bonds is 3. The van der Waals surface area contributed by atoms with E-state index in [0.717, 1.165) is 22.2 Å². The number of ether oxygens (including phenoxy) is 2. The molecule has 0 N–H and O–H groups in total. The maximum atomic E-state index is 12.9. The molecule has 0 unspecified atom stereocenters. The first-order valence-electron chi connectivity index (χ1n) is 8.18. The summed E-state index contributed by atoms with van der Waals surface area (Å²) in [7, 11) is 3.19. The summed E-state index contributed by atoms with van der Waals surface area (Å²) in [5.74, 6) is 1.29. The Morgan fingerprint density at radius 2 is 1.77 bits per heavy atom. The number of methoxy groups -OCH3 is 2. The maximum Gasteiger partial charge on any atom is 0.274 e. The van der Waals surface area contributed by atoms with E-state index in [-0.39, 0.29) is 5.56 Å². The lowest BCUT2D eigenvalue weighted by Gasteiger charge is -2.07. The van der Waals surface area contributed by atoms with Crippen molar-refractivity contribution in [3.05, 3.63) is 61.9 Å². The largest absolute Gasteiger partial charge is 0.493 e. The van der Waals surface area contributed by atoms with Crippen LogP contribution in [0.1, 0.15) is 16.7 Å². The summed E-state index contributed by atoms with van der Waals surface area (Å²) in [6, 6.07) is 9.64. The Labute approximate surface area is 154 Å². The predicted octanol–water partition coefficient (Wildman–Crippen LogP) is 3.09. The van der Waals surface area contributed by atoms with E-state index < -0.39 is 0 Å². The minimum Gasteiger partial charge on any atom is -0.493 e. The van der Waals surface area contributed by atoms with Crippen LogP contribution in [0.15, 0.2) is 35.1 Å². The smallest absolute Gasteiger partial charge is 0.274 e. The minimum atomic E-state index is -0.0504. The van der Waals surface area contributed by atoms with Crippen LogP contribution in [0.2, 0.25) is 0 Å². The van der Waals surface area contributed by atoms with Crippen LogP contribution in [-0.2, 0) is 0 Å². The molecule has 0 saturated heterocycles. The van der Waals surface area contributed by atoms with Crippen LogP contribution < -0.4 is 19.6 Å². The van der Waals surface area contributed by atoms with E-state index in [1.165, 1.54) is 16.9 Å². The van der Waals surface area contributed by atoms with Gasteiger partial charge in [-0.15, -0.1) is 0 Å². The first-order chi connectivity index (χ1) is 12.5. The summed E-state index contributed by atoms with van der Waals surface area (Å²) in [6.45, 7) is 4.10. The van der Waals surface area contributed by atoms with E-state index in [9.17, 15) is 4.79 Å². The lowest BCUT2D eigenvalue weighted by Crippen LogP contribution is -2.22. The van der Waals surface area contributed by atoms with Gasteiger partial charge in [0, 0.05) is 0 Å². The highest BCUT2D eigenvalue weighted by molar-refractivity contribution is 7.15. The van der Waals surface area contributed by atoms with Gasteiger partial charge in [0.1, 0.15) is 0 Å². The second-order valence-electron chi connectivity index (χ2n) is 6.19. The van der Waals surface area contributed by atoms with Crippen LogP contribution in [0, 0.1) is 13.8 Å². The fraction of sp³-hybridized carbons (Fsp3) is 0.200. The van der Waals surface area contributed by atoms with Crippen molar-refractivity contribution in [2.24, 2.45) is 0 Å². The summed E-state index contributed by atoms with van der Waals surface area (Å²) in [5, 5.41) is 0. The molecule has 0 spiro atoms. The molecule has 132 valence electrons. The second-order valence-corrected chi connectivity index (χ2v) is 7.19. The third kappa shape index (κ3) is 2.54. The fourth-order valence-electron chi connectivity index (χ4n) is 3.01. The van der Waals surface area contributed by atoms with Gasteiger partial charge in [0.25, 0.3) is 5.56 Å². The van der Waals surface area contributed by atoms with Crippen molar-refractivity contribution in [2.75, 3.05) is 14.2 Å². The molecule has 26 heavy (non-hydrogen) atoms. The van der Waals surface area contributed by atoms with Crippen LogP contribution in [0.5, 0.6) is 11.5 Å². The number of aromatic nitrogens is 2. The average molecular weight is 366 g/mol. The Balaban J connectivity index is 1.93. The summed E-state index contributed by atoms with van der Waals surface area (Å²) in [4.78, 5) is 18.3. The number of imidazole rings is 1. The predicted molar refractivity (Wildman–Crippen MR) is 105 cm³/mol. The molecule has 0 atom stereocenters. The first kappa shape index (κ1) is 16.6. The normalized spacial score (nSPS) is 12.2. The van der Waals surface area contributed by atoms with E-state index in [1.807, 2.05) is 43.3 Å². The summed E-state index contributed by atoms with van der Waals surface area (Å²) in [6.07, 6.45) is 1.86. The minimum absolute atomic E-state index is 0.0504. The van der Waals surface area contributed by atoms with Crippen LogP contribution in [-0.4, -0.2) is 23.6 Å². The third-order valence-corrected chi connectivity index (χ3v) is 5.53. The van der Waals surface area contributed by atoms with E-state index in [2.05, 4.69) is 11.9 Å². The van der Waals surface area contributed by atoms with Gasteiger partial charge in [-0.25, -0.2) is 9.38 Å². The highest BCUT2D eigenvalue weighted by atomic mass is 32.1. The van der Waals surface area contributed by atoms with Crippen molar-refractivity contribution in [1.29, 1.82) is 0 Å². The Hall–Kier alpha value is -2.86. The topological polar surface area (TPSA) is 52.8 Å². The Bertz CT molecular complexity index is 1250. The van der Waals surface area contributed by atoms with Gasteiger partial charge in [-0.3, -0.25) is 4.79 Å². The summed E-state index contributed by atoms with van der Waals surface area (Å²) >= 11 is 1.39. The third-order valence-electron chi connectivity index (χ3n) is 4.56. The Morgan fingerprint density at radius 3 is 2.50 bits per heavy atom. The van der Waals surface area contributed by atoms with Gasteiger partial charge in [0.05, 0.1) is 29.8 Å². The quantitative estimate of drug-likeness (QED) is 0.559. The molecule has 4 aromatic rings. The summed E-state index contributed by atoms with van der Waals surface area (Å²) in [5.41, 5.74) is 4.86. The molecular weight excluding hydrogens is 348 g/mol. The average Bonchev–Trinajstić information content (AvgIpc) is 3.12. The molecule has 0 aliphatic rings. The van der Waals surface area contributed by atoms with E-state index >= 15 is 0 Å². The molecule has 2 heterocycles. The van der Waals surface area contributed by atoms with Crippen molar-refractivity contribution < 1.29 is 9.47 Å². The molecule has 0 fully saturated rings. The first-order valence-corrected chi connectivity index (χ1v) is 8.99. The maximum absolute atomic E-state index is 12.9. The number of nitrogens with zero attached hydrogens (tertiary/aromatic N) is 2. The number of benzene rings is 2. The number of hydrogen-bond acceptors (Lipinski definition) is 5. The molecule has 2 aromatic heterocycles. The van der Waals surface area contributed by atoms with Crippen molar-refractivity contribution in [2.45, 2.75) is 13.8 Å². The van der Waals surface area contributed by atoms with Crippen LogP contribution in [0.25, 0.3) is 22.1 Å². The number of thiazole rings is 1. The molecule has 0 radical (unpaired) electrons. The van der Waals surface area contributed by atoms with Crippen molar-refractivity contribution in [3.8, 4) is 11.5 Å². The van der Waals surface area contributed by atoms with Gasteiger partial charge in [0.15, 0.2) is 16.5 Å². The molecule has 0 bridgehead atoms. The molecule has 0 aliphatic carbocycles. The number of hydrogen-bond donors (Lipinski definition) is 0. The lowest BCUT2D eigenvalue weighted by molar-refractivity contribution is 0.355. The Kier molecular flexibility index (Phi) is 3.92. The molecule has 2 aromatic carbocycles. The molecule has 4 rings (SSSR count). The fourth-order valence-corrected chi connectivity index (χ4v) is 4.00. The van der Waals surface area contributed by atoms with Gasteiger partial charge >= 0.3 is 0 Å². The molecule has 6 heteroatoms. The number of fused-ring (bicyclic) bond motifs is 3. The molecule has 0 aliphatic heterocycles. The zero-order valence-corrected chi connectivity index (χ0v) is 15.8. The van der Waals surface area contributed by atoms with Crippen LogP contribution >= 0.6 is 11.3 Å². The highest BCUT2D eigenvalue weighted by Crippen LogP contribution is 2.28. The van der Waals surface area contributed by atoms with Crippen LogP contribution in [0.4, 0.5) is 0 Å². The van der Waals surface area contributed by atoms with E-state index in [1.54, 1.807) is 18.6 Å². The molecular formula is C20H18N2O3S. The van der Waals surface area contributed by atoms with Crippen molar-refractivity contribution in [3.63, 3.8) is 0 Å². The standard InChI is InChI=1S/C20H18N2O3S/c1-11-7-14-15(8-12(11)2)22-19(23)18(26-20(22)21-14)10-13-5-6-16(24-3)17(9-13)25-4/h5-10H,1-4H3/b18-10+. The van der Waals surface area contributed by atoms with Crippen molar-refractivity contribution >= 4 is 33.4 Å². The molecule has 0 saturated carbocycles. The van der Waals surface area contributed by atoms with Crippen molar-refractivity contribution in [1.82, 2.24) is 9.38 Å². The van der Waals surface area contributed by atoms with E-state index in [0.29, 0.717) is 21.0 Å². The van der Waals surface area contributed by atoms with Gasteiger partial charge in [-0.05, 0) is 60.9 Å². The molecule has 0 amide bonds. The Morgan fingerprint density at radius 1 is 1.04 bits per heavy atom. The van der Waals surface area contributed by atoms with Crippen LogP contribution in [0.3, 0.4) is 0 Å². The zero-order chi connectivity index (χ0) is 18.4. The monoisotopic (exact) mass is 366 g/mol. The zero-order valence-electron chi connectivity index (χ0n) is 15.0. The lowest BCUT2D eigenvalue weighted by atomic mass is 10.1. The highest BCUT2D eigenvalue weighted by Gasteiger charge is 2.12. The second kappa shape index (κ2) is 6.14. The van der Waals surface area contributed by atoms with Gasteiger partial charge in [-0.2, -0.15) is 0 Å². The van der Waals surface area contributed by atoms with Gasteiger partial charge < -0.3 is 9.47 Å². The SMILES string of the molecule is COc1ccc(/C=c2/sc3nc4cc(C)c(C)cc4n3c2=O)cc1OC. The van der Waals surface area contributed by atoms with Gasteiger partial charge in [-0.1, -0.05) is 17.4 Å². The number of aryl methyl sites for hydroxylation is 2. The molecule has 5 nitrogen and oxygen atoms in total. The van der Waals surface area contributed by atoms with E-state index in [4.69, 9.17) is 9.47 Å². The van der Waals surface area contributed by atoms with Gasteiger partial charge in [0.2, 0.25) is 0 Å².